The van der Waals surface area contributed by atoms with E-state index in [1.54, 1.807) is 0 Å². The first kappa shape index (κ1) is 18.2. The van der Waals surface area contributed by atoms with Gasteiger partial charge in [-0.15, -0.1) is 0 Å². The molecule has 8 nitrogen and oxygen atoms in total. The fourth-order valence-corrected chi connectivity index (χ4v) is 1.81. The number of amides is 1. The lowest BCUT2D eigenvalue weighted by Crippen LogP contribution is -2.35. The van der Waals surface area contributed by atoms with Crippen LogP contribution in [0.4, 0.5) is 13.2 Å². The molecule has 0 atom stereocenters. The minimum absolute atomic E-state index is 0.141. The predicted molar refractivity (Wildman–Crippen MR) is 79.0 cm³/mol. The number of aromatic amines is 1. The Morgan fingerprint density at radius 3 is 2.76 bits per heavy atom. The first-order chi connectivity index (χ1) is 11.7. The van der Waals surface area contributed by atoms with Crippen LogP contribution in [0.1, 0.15) is 5.56 Å². The predicted octanol–water partition coefficient (Wildman–Crippen LogP) is 0.189. The summed E-state index contributed by atoms with van der Waals surface area (Å²) in [5.41, 5.74) is -1.10. The highest BCUT2D eigenvalue weighted by molar-refractivity contribution is 5.75. The van der Waals surface area contributed by atoms with Crippen molar-refractivity contribution in [3.63, 3.8) is 0 Å². The smallest absolute Gasteiger partial charge is 0.422 e. The van der Waals surface area contributed by atoms with Crippen LogP contribution in [0.25, 0.3) is 0 Å². The van der Waals surface area contributed by atoms with Gasteiger partial charge in [0, 0.05) is 30.6 Å². The average molecular weight is 358 g/mol. The summed E-state index contributed by atoms with van der Waals surface area (Å²) in [6, 6.07) is 4.01. The topological polar surface area (TPSA) is 106 Å². The van der Waals surface area contributed by atoms with Crippen molar-refractivity contribution in [2.24, 2.45) is 0 Å². The number of pyridine rings is 1. The second-order valence-corrected chi connectivity index (χ2v) is 4.89. The van der Waals surface area contributed by atoms with Crippen LogP contribution >= 0.6 is 0 Å². The van der Waals surface area contributed by atoms with E-state index < -0.39 is 29.9 Å². The van der Waals surface area contributed by atoms with Gasteiger partial charge in [0.25, 0.3) is 5.56 Å². The van der Waals surface area contributed by atoms with Gasteiger partial charge in [0.05, 0.1) is 0 Å². The highest BCUT2D eigenvalue weighted by Gasteiger charge is 2.29. The van der Waals surface area contributed by atoms with Gasteiger partial charge in [0.2, 0.25) is 11.8 Å². The number of halogens is 3. The van der Waals surface area contributed by atoms with E-state index in [9.17, 15) is 27.6 Å². The summed E-state index contributed by atoms with van der Waals surface area (Å²) in [4.78, 5) is 40.0. The van der Waals surface area contributed by atoms with E-state index in [1.807, 2.05) is 4.98 Å². The molecule has 11 heteroatoms. The van der Waals surface area contributed by atoms with Crippen LogP contribution in [-0.4, -0.2) is 33.2 Å². The van der Waals surface area contributed by atoms with Gasteiger partial charge in [-0.3, -0.25) is 19.1 Å². The van der Waals surface area contributed by atoms with Gasteiger partial charge < -0.3 is 10.1 Å². The number of ether oxygens (including phenoxy) is 1. The zero-order valence-corrected chi connectivity index (χ0v) is 12.7. The van der Waals surface area contributed by atoms with Crippen molar-refractivity contribution in [3.05, 3.63) is 57.0 Å². The number of rotatable bonds is 6. The van der Waals surface area contributed by atoms with Crippen molar-refractivity contribution >= 4 is 5.91 Å². The molecule has 0 spiro atoms. The fourth-order valence-electron chi connectivity index (χ4n) is 1.81. The summed E-state index contributed by atoms with van der Waals surface area (Å²) in [6.45, 7) is -2.01. The molecule has 2 aromatic heterocycles. The van der Waals surface area contributed by atoms with E-state index in [0.29, 0.717) is 0 Å². The highest BCUT2D eigenvalue weighted by atomic mass is 19.4. The van der Waals surface area contributed by atoms with Gasteiger partial charge in [0.1, 0.15) is 6.54 Å². The maximum absolute atomic E-state index is 12.2. The van der Waals surface area contributed by atoms with E-state index in [4.69, 9.17) is 0 Å². The average Bonchev–Trinajstić information content (AvgIpc) is 2.53. The van der Waals surface area contributed by atoms with Gasteiger partial charge in [-0.05, 0) is 6.07 Å². The number of nitrogens with zero attached hydrogens (tertiary/aromatic N) is 2. The fraction of sp³-hybridized carbons (Fsp3) is 0.286. The molecule has 0 saturated heterocycles. The van der Waals surface area contributed by atoms with Gasteiger partial charge in [-0.25, -0.2) is 9.78 Å². The first-order valence-corrected chi connectivity index (χ1v) is 6.94. The zero-order valence-electron chi connectivity index (χ0n) is 12.7. The maximum Gasteiger partial charge on any atom is 0.422 e. The zero-order chi connectivity index (χ0) is 18.4. The lowest BCUT2D eigenvalue weighted by molar-refractivity contribution is -0.154. The number of carbonyl (C=O) groups excluding carboxylic acids is 1. The molecule has 2 heterocycles. The Kier molecular flexibility index (Phi) is 5.57. The van der Waals surface area contributed by atoms with Gasteiger partial charge in [-0.1, -0.05) is 6.07 Å². The highest BCUT2D eigenvalue weighted by Crippen LogP contribution is 2.19. The second kappa shape index (κ2) is 7.64. The monoisotopic (exact) mass is 358 g/mol. The Morgan fingerprint density at radius 1 is 1.32 bits per heavy atom. The van der Waals surface area contributed by atoms with Crippen molar-refractivity contribution in [2.45, 2.75) is 19.3 Å². The number of hydrogen-bond acceptors (Lipinski definition) is 5. The molecule has 0 aliphatic heterocycles. The molecule has 134 valence electrons. The van der Waals surface area contributed by atoms with Crippen LogP contribution in [0.15, 0.2) is 40.2 Å². The first-order valence-electron chi connectivity index (χ1n) is 6.94. The van der Waals surface area contributed by atoms with Crippen LogP contribution in [0.3, 0.4) is 0 Å². The number of hydrogen-bond donors (Lipinski definition) is 2. The molecule has 0 aromatic carbocycles. The molecule has 0 unspecified atom stereocenters. The van der Waals surface area contributed by atoms with Gasteiger partial charge in [-0.2, -0.15) is 13.2 Å². The molecule has 0 saturated carbocycles. The molecule has 0 aliphatic rings. The van der Waals surface area contributed by atoms with Crippen LogP contribution in [0.2, 0.25) is 0 Å². The third kappa shape index (κ3) is 5.79. The minimum atomic E-state index is -4.51. The van der Waals surface area contributed by atoms with Crippen LogP contribution in [0.5, 0.6) is 5.88 Å². The van der Waals surface area contributed by atoms with E-state index in [-0.39, 0.29) is 24.5 Å². The van der Waals surface area contributed by atoms with Crippen molar-refractivity contribution in [2.75, 3.05) is 6.61 Å². The summed E-state index contributed by atoms with van der Waals surface area (Å²) in [7, 11) is 0. The molecular weight excluding hydrogens is 345 g/mol. The maximum atomic E-state index is 12.2. The minimum Gasteiger partial charge on any atom is -0.468 e. The summed E-state index contributed by atoms with van der Waals surface area (Å²) < 4.78 is 42.2. The second-order valence-electron chi connectivity index (χ2n) is 4.89. The van der Waals surface area contributed by atoms with E-state index >= 15 is 0 Å². The van der Waals surface area contributed by atoms with Gasteiger partial charge in [0.15, 0.2) is 6.61 Å². The Balaban J connectivity index is 1.97. The van der Waals surface area contributed by atoms with Crippen LogP contribution < -0.4 is 21.3 Å². The summed E-state index contributed by atoms with van der Waals surface area (Å²) in [6.07, 6.45) is -2.09. The van der Waals surface area contributed by atoms with Crippen molar-refractivity contribution in [1.82, 2.24) is 19.9 Å². The molecule has 0 radical (unpaired) electrons. The Hall–Kier alpha value is -3.11. The molecule has 2 N–H and O–H groups in total. The third-order valence-corrected chi connectivity index (χ3v) is 2.91. The molecule has 25 heavy (non-hydrogen) atoms. The SMILES string of the molecule is O=C(Cn1ccc(=O)[nH]c1=O)NCc1cccnc1OCC(F)(F)F. The molecule has 0 aliphatic carbocycles. The summed E-state index contributed by atoms with van der Waals surface area (Å²) >= 11 is 0. The van der Waals surface area contributed by atoms with E-state index in [0.717, 1.165) is 16.8 Å². The normalized spacial score (nSPS) is 11.2. The quantitative estimate of drug-likeness (QED) is 0.767. The lowest BCUT2D eigenvalue weighted by Gasteiger charge is -2.12. The lowest BCUT2D eigenvalue weighted by atomic mass is 10.2. The van der Waals surface area contributed by atoms with E-state index in [1.165, 1.54) is 18.3 Å². The molecule has 2 aromatic rings. The molecular formula is C14H13F3N4O4. The number of H-pyrrole nitrogens is 1. The van der Waals surface area contributed by atoms with Gasteiger partial charge >= 0.3 is 11.9 Å². The molecule has 0 bridgehead atoms. The summed E-state index contributed by atoms with van der Waals surface area (Å²) in [5, 5.41) is 2.43. The number of aromatic nitrogens is 3. The Bertz CT molecular complexity index is 860. The Labute approximate surface area is 138 Å². The van der Waals surface area contributed by atoms with Crippen LogP contribution in [-0.2, 0) is 17.9 Å². The standard InChI is InChI=1S/C14H13F3N4O4/c15-14(16,17)8-25-12-9(2-1-4-18-12)6-19-11(23)7-21-5-3-10(22)20-13(21)24/h1-5H,6-8H2,(H,19,23)(H,20,22,24). The molecule has 2 rings (SSSR count). The van der Waals surface area contributed by atoms with Crippen molar-refractivity contribution in [3.8, 4) is 5.88 Å². The van der Waals surface area contributed by atoms with Crippen LogP contribution in [0, 0.1) is 0 Å². The number of alkyl halides is 3. The number of carbonyl (C=O) groups is 1. The largest absolute Gasteiger partial charge is 0.468 e. The molecule has 1 amide bonds. The Morgan fingerprint density at radius 2 is 2.08 bits per heavy atom. The molecule has 0 fully saturated rings. The summed E-state index contributed by atoms with van der Waals surface area (Å²) in [5.74, 6) is -0.832. The third-order valence-electron chi connectivity index (χ3n) is 2.91. The van der Waals surface area contributed by atoms with E-state index in [2.05, 4.69) is 15.0 Å². The number of nitrogens with one attached hydrogen (secondary N) is 2. The van der Waals surface area contributed by atoms with Crippen molar-refractivity contribution in [1.29, 1.82) is 0 Å². The van der Waals surface area contributed by atoms with Crippen molar-refractivity contribution < 1.29 is 22.7 Å².